The number of carbonyl (C=O) groups is 2. The summed E-state index contributed by atoms with van der Waals surface area (Å²) in [7, 11) is 1.64. The number of methoxy groups -OCH3 is 1. The summed E-state index contributed by atoms with van der Waals surface area (Å²) in [4.78, 5) is 38.2. The molecule has 2 amide bonds. The number of hydrogen-bond donors (Lipinski definition) is 2. The normalized spacial score (nSPS) is 15.4. The molecule has 0 saturated carbocycles. The van der Waals surface area contributed by atoms with Gasteiger partial charge < -0.3 is 21.1 Å². The molecule has 2 aromatic carbocycles. The van der Waals surface area contributed by atoms with E-state index in [1.807, 2.05) is 19.1 Å². The van der Waals surface area contributed by atoms with Crippen molar-refractivity contribution in [2.75, 3.05) is 32.5 Å². The second kappa shape index (κ2) is 10.7. The van der Waals surface area contributed by atoms with Gasteiger partial charge in [-0.25, -0.2) is 10.1 Å². The number of hydrogen-bond acceptors (Lipinski definition) is 7. The molecule has 1 saturated heterocycles. The van der Waals surface area contributed by atoms with Crippen LogP contribution in [0.3, 0.4) is 0 Å². The largest absolute Gasteiger partial charge is 0.399 e. The fourth-order valence-corrected chi connectivity index (χ4v) is 3.95. The third kappa shape index (κ3) is 5.70. The van der Waals surface area contributed by atoms with Gasteiger partial charge in [0, 0.05) is 55.6 Å². The smallest absolute Gasteiger partial charge is 0.273 e. The van der Waals surface area contributed by atoms with E-state index in [0.717, 1.165) is 17.5 Å². The van der Waals surface area contributed by atoms with Gasteiger partial charge in [-0.3, -0.25) is 14.4 Å². The molecule has 9 heteroatoms. The summed E-state index contributed by atoms with van der Waals surface area (Å²) in [6, 6.07) is 12.6. The van der Waals surface area contributed by atoms with E-state index in [9.17, 15) is 9.59 Å². The zero-order chi connectivity index (χ0) is 24.9. The number of amides is 2. The number of nitrogens with zero attached hydrogens (tertiary/aromatic N) is 3. The number of likely N-dealkylation sites (tertiary alicyclic amines) is 1. The van der Waals surface area contributed by atoms with Gasteiger partial charge in [0.05, 0.1) is 11.8 Å². The van der Waals surface area contributed by atoms with Gasteiger partial charge in [-0.1, -0.05) is 25.1 Å². The zero-order valence-corrected chi connectivity index (χ0v) is 20.1. The van der Waals surface area contributed by atoms with Crippen LogP contribution >= 0.6 is 0 Å². The molecule has 0 aliphatic carbocycles. The average Bonchev–Trinajstić information content (AvgIpc) is 2.99. The van der Waals surface area contributed by atoms with Gasteiger partial charge >= 0.3 is 0 Å². The lowest BCUT2D eigenvalue weighted by Gasteiger charge is -2.38. The first-order valence-corrected chi connectivity index (χ1v) is 11.7. The Morgan fingerprint density at radius 1 is 1.14 bits per heavy atom. The van der Waals surface area contributed by atoms with Crippen LogP contribution in [0.5, 0.6) is 0 Å². The summed E-state index contributed by atoms with van der Waals surface area (Å²) in [5, 5.41) is 1.37. The number of fused-ring (bicyclic) bond motifs is 1. The molecule has 0 atom stereocenters. The first-order chi connectivity index (χ1) is 16.9. The number of carbonyl (C=O) groups excluding carboxylic acids is 2. The maximum absolute atomic E-state index is 13.4. The van der Waals surface area contributed by atoms with Crippen LogP contribution in [-0.4, -0.2) is 60.5 Å². The molecule has 0 radical (unpaired) electrons. The maximum Gasteiger partial charge on any atom is 0.273 e. The maximum atomic E-state index is 13.4. The molecule has 2 aliphatic heterocycles. The zero-order valence-electron chi connectivity index (χ0n) is 20.1. The predicted molar refractivity (Wildman–Crippen MR) is 135 cm³/mol. The number of nitrogens with two attached hydrogens (primary N) is 2. The number of ether oxygens (including phenoxy) is 1. The fourth-order valence-electron chi connectivity index (χ4n) is 3.95. The molecular weight excluding hydrogens is 446 g/mol. The molecule has 2 aliphatic rings. The number of amidine groups is 1. The van der Waals surface area contributed by atoms with Gasteiger partial charge in [0.2, 0.25) is 0 Å². The van der Waals surface area contributed by atoms with Crippen LogP contribution in [0, 0.1) is 0 Å². The first kappa shape index (κ1) is 24.4. The summed E-state index contributed by atoms with van der Waals surface area (Å²) in [5.41, 5.74) is 15.8. The van der Waals surface area contributed by atoms with E-state index in [1.165, 1.54) is 5.06 Å². The lowest BCUT2D eigenvalue weighted by atomic mass is 10.0. The minimum atomic E-state index is -0.264. The Labute approximate surface area is 204 Å². The van der Waals surface area contributed by atoms with Gasteiger partial charge in [-0.15, -0.1) is 0 Å². The second-order valence-corrected chi connectivity index (χ2v) is 8.71. The van der Waals surface area contributed by atoms with Gasteiger partial charge in [-0.2, -0.15) is 0 Å². The molecule has 0 unspecified atom stereocenters. The molecule has 0 bridgehead atoms. The van der Waals surface area contributed by atoms with Crippen LogP contribution in [-0.2, 0) is 21.0 Å². The van der Waals surface area contributed by atoms with Crippen molar-refractivity contribution in [1.29, 1.82) is 0 Å². The average molecular weight is 478 g/mol. The monoisotopic (exact) mass is 477 g/mol. The van der Waals surface area contributed by atoms with Crippen LogP contribution < -0.4 is 11.5 Å². The molecular formula is C26H31N5O4. The van der Waals surface area contributed by atoms with Crippen LogP contribution in [0.2, 0.25) is 0 Å². The van der Waals surface area contributed by atoms with Crippen molar-refractivity contribution in [3.8, 4) is 0 Å². The Morgan fingerprint density at radius 3 is 2.57 bits per heavy atom. The highest BCUT2D eigenvalue weighted by molar-refractivity contribution is 6.05. The van der Waals surface area contributed by atoms with Crippen LogP contribution in [0.25, 0.3) is 6.08 Å². The Hall–Kier alpha value is -3.69. The number of benzene rings is 2. The van der Waals surface area contributed by atoms with Crippen molar-refractivity contribution in [3.05, 3.63) is 64.7 Å². The summed E-state index contributed by atoms with van der Waals surface area (Å²) < 4.78 is 5.25. The molecule has 9 nitrogen and oxygen atoms in total. The number of nitrogen functional groups attached to an aromatic ring is 1. The lowest BCUT2D eigenvalue weighted by molar-refractivity contribution is -0.187. The molecule has 4 rings (SSSR count). The van der Waals surface area contributed by atoms with Crippen molar-refractivity contribution < 1.29 is 19.2 Å². The van der Waals surface area contributed by atoms with Crippen molar-refractivity contribution in [3.63, 3.8) is 0 Å². The third-order valence-corrected chi connectivity index (χ3v) is 6.01. The summed E-state index contributed by atoms with van der Waals surface area (Å²) in [6.45, 7) is 3.79. The van der Waals surface area contributed by atoms with Gasteiger partial charge in [0.1, 0.15) is 12.4 Å². The molecule has 35 heavy (non-hydrogen) atoms. The number of aliphatic imine (C=N–C) groups is 1. The van der Waals surface area contributed by atoms with Crippen LogP contribution in [0.15, 0.2) is 53.0 Å². The molecule has 2 aromatic rings. The summed E-state index contributed by atoms with van der Waals surface area (Å²) in [5.74, 6) is -0.0458. The highest BCUT2D eigenvalue weighted by Gasteiger charge is 2.31. The van der Waals surface area contributed by atoms with E-state index < -0.39 is 0 Å². The molecule has 2 heterocycles. The second-order valence-electron chi connectivity index (χ2n) is 8.71. The molecule has 0 spiro atoms. The van der Waals surface area contributed by atoms with Crippen molar-refractivity contribution in [2.45, 2.75) is 32.5 Å². The number of hydroxylamine groups is 2. The topological polar surface area (TPSA) is 123 Å². The van der Waals surface area contributed by atoms with E-state index in [2.05, 4.69) is 4.99 Å². The summed E-state index contributed by atoms with van der Waals surface area (Å²) in [6.07, 6.45) is 2.77. The quantitative estimate of drug-likeness (QED) is 0.445. The van der Waals surface area contributed by atoms with Gasteiger partial charge in [0.25, 0.3) is 11.8 Å². The third-order valence-electron chi connectivity index (χ3n) is 6.01. The predicted octanol–water partition coefficient (Wildman–Crippen LogP) is 2.89. The summed E-state index contributed by atoms with van der Waals surface area (Å²) >= 11 is 0. The van der Waals surface area contributed by atoms with Crippen LogP contribution in [0.4, 0.5) is 11.4 Å². The van der Waals surface area contributed by atoms with E-state index in [0.29, 0.717) is 48.0 Å². The number of anilines is 1. The molecule has 1 fully saturated rings. The Bertz CT molecular complexity index is 1150. The first-order valence-electron chi connectivity index (χ1n) is 11.7. The van der Waals surface area contributed by atoms with Crippen molar-refractivity contribution >= 4 is 35.1 Å². The molecule has 4 N–H and O–H groups in total. The van der Waals surface area contributed by atoms with E-state index in [4.69, 9.17) is 21.0 Å². The Kier molecular flexibility index (Phi) is 7.48. The number of rotatable bonds is 8. The molecule has 0 aromatic heterocycles. The van der Waals surface area contributed by atoms with Gasteiger partial charge in [-0.05, 0) is 42.3 Å². The fraction of sp³-hybridized carbons (Fsp3) is 0.346. The molecule has 184 valence electrons. The van der Waals surface area contributed by atoms with Crippen molar-refractivity contribution in [2.24, 2.45) is 10.7 Å². The minimum Gasteiger partial charge on any atom is -0.399 e. The van der Waals surface area contributed by atoms with E-state index >= 15 is 0 Å². The lowest BCUT2D eigenvalue weighted by Crippen LogP contribution is -2.54. The highest BCUT2D eigenvalue weighted by Crippen LogP contribution is 2.29. The Morgan fingerprint density at radius 2 is 1.89 bits per heavy atom. The minimum absolute atomic E-state index is 0.0791. The SMILES string of the molecule is CCCN(OCc1ccc(N)cc1)C(=O)C1=Cc2ccc(C(=O)N3CC(OC)C3)cc2N=C(N)C1. The Balaban J connectivity index is 1.52. The van der Waals surface area contributed by atoms with Crippen molar-refractivity contribution in [1.82, 2.24) is 9.96 Å². The van der Waals surface area contributed by atoms with Gasteiger partial charge in [0.15, 0.2) is 0 Å². The highest BCUT2D eigenvalue weighted by atomic mass is 16.7. The standard InChI is InChI=1S/C26H31N5O4/c1-3-10-31(35-16-17-4-8-21(27)9-5-17)26(33)20-11-18-6-7-19(12-23(18)29-24(28)13-20)25(32)30-14-22(15-30)34-2/h4-9,11-12,22H,3,10,13-16,27H2,1-2H3,(H2,28,29). The van der Waals surface area contributed by atoms with E-state index in [-0.39, 0.29) is 30.9 Å². The van der Waals surface area contributed by atoms with Crippen LogP contribution in [0.1, 0.15) is 41.3 Å². The van der Waals surface area contributed by atoms with E-state index in [1.54, 1.807) is 48.4 Å².